The van der Waals surface area contributed by atoms with Crippen molar-refractivity contribution < 1.29 is 14.3 Å². The van der Waals surface area contributed by atoms with E-state index in [0.717, 1.165) is 57.5 Å². The SMILES string of the molecule is CCOC(=O)c1c(NC(=O)CN2CCN(Cc3ccccc3C)CC2)sc2c1CCC2. The van der Waals surface area contributed by atoms with E-state index in [1.807, 2.05) is 6.92 Å². The van der Waals surface area contributed by atoms with E-state index in [0.29, 0.717) is 23.7 Å². The molecule has 0 atom stereocenters. The predicted molar refractivity (Wildman–Crippen MR) is 124 cm³/mol. The number of ether oxygens (including phenoxy) is 1. The quantitative estimate of drug-likeness (QED) is 0.667. The number of hydrogen-bond donors (Lipinski definition) is 1. The van der Waals surface area contributed by atoms with E-state index in [4.69, 9.17) is 4.74 Å². The van der Waals surface area contributed by atoms with Gasteiger partial charge < -0.3 is 10.1 Å². The predicted octanol–water partition coefficient (Wildman–Crippen LogP) is 3.48. The molecule has 1 fully saturated rings. The average molecular weight is 442 g/mol. The molecule has 0 saturated carbocycles. The van der Waals surface area contributed by atoms with E-state index in [-0.39, 0.29) is 11.9 Å². The van der Waals surface area contributed by atoms with Crippen LogP contribution >= 0.6 is 11.3 Å². The third kappa shape index (κ3) is 5.17. The van der Waals surface area contributed by atoms with Gasteiger partial charge in [0.25, 0.3) is 0 Å². The lowest BCUT2D eigenvalue weighted by Gasteiger charge is -2.34. The minimum atomic E-state index is -0.318. The highest BCUT2D eigenvalue weighted by atomic mass is 32.1. The Morgan fingerprint density at radius 3 is 2.58 bits per heavy atom. The minimum Gasteiger partial charge on any atom is -0.462 e. The van der Waals surface area contributed by atoms with E-state index < -0.39 is 0 Å². The van der Waals surface area contributed by atoms with E-state index in [2.05, 4.69) is 46.3 Å². The van der Waals surface area contributed by atoms with Crippen LogP contribution < -0.4 is 5.32 Å². The molecule has 166 valence electrons. The fourth-order valence-electron chi connectivity index (χ4n) is 4.41. The van der Waals surface area contributed by atoms with Crippen molar-refractivity contribution in [3.8, 4) is 0 Å². The molecule has 1 aromatic heterocycles. The number of amides is 1. The number of anilines is 1. The molecule has 0 radical (unpaired) electrons. The van der Waals surface area contributed by atoms with Crippen molar-refractivity contribution in [1.82, 2.24) is 9.80 Å². The molecule has 31 heavy (non-hydrogen) atoms. The van der Waals surface area contributed by atoms with Crippen molar-refractivity contribution in [3.63, 3.8) is 0 Å². The number of carbonyl (C=O) groups excluding carboxylic acids is 2. The first-order valence-electron chi connectivity index (χ1n) is 11.2. The van der Waals surface area contributed by atoms with E-state index in [1.165, 1.54) is 27.3 Å². The smallest absolute Gasteiger partial charge is 0.341 e. The number of benzene rings is 1. The van der Waals surface area contributed by atoms with Gasteiger partial charge in [0, 0.05) is 37.6 Å². The standard InChI is InChI=1S/C24H31N3O3S/c1-3-30-24(29)22-19-9-6-10-20(19)31-23(22)25-21(28)16-27-13-11-26(12-14-27)15-18-8-5-4-7-17(18)2/h4-5,7-8H,3,6,9-16H2,1-2H3,(H,25,28). The average Bonchev–Trinajstić information content (AvgIpc) is 3.32. The minimum absolute atomic E-state index is 0.0576. The number of thiophene rings is 1. The number of hydrogen-bond acceptors (Lipinski definition) is 6. The Morgan fingerprint density at radius 2 is 1.84 bits per heavy atom. The zero-order valence-electron chi connectivity index (χ0n) is 18.4. The molecule has 0 spiro atoms. The molecule has 1 amide bonds. The highest BCUT2D eigenvalue weighted by molar-refractivity contribution is 7.17. The second-order valence-corrected chi connectivity index (χ2v) is 9.41. The zero-order chi connectivity index (χ0) is 21.8. The Balaban J connectivity index is 1.31. The van der Waals surface area contributed by atoms with Gasteiger partial charge in [0.2, 0.25) is 5.91 Å². The molecular weight excluding hydrogens is 410 g/mol. The Kier molecular flexibility index (Phi) is 7.05. The van der Waals surface area contributed by atoms with E-state index in [1.54, 1.807) is 0 Å². The molecule has 1 N–H and O–H groups in total. The molecule has 0 bridgehead atoms. The molecule has 2 aliphatic rings. The molecule has 1 aromatic carbocycles. The number of piperazine rings is 1. The third-order valence-corrected chi connectivity index (χ3v) is 7.35. The number of aryl methyl sites for hydroxylation is 2. The lowest BCUT2D eigenvalue weighted by Crippen LogP contribution is -2.48. The van der Waals surface area contributed by atoms with Crippen LogP contribution in [0, 0.1) is 6.92 Å². The number of fused-ring (bicyclic) bond motifs is 1. The Morgan fingerprint density at radius 1 is 1.10 bits per heavy atom. The van der Waals surface area contributed by atoms with Gasteiger partial charge in [0.15, 0.2) is 0 Å². The monoisotopic (exact) mass is 441 g/mol. The summed E-state index contributed by atoms with van der Waals surface area (Å²) >= 11 is 1.54. The van der Waals surface area contributed by atoms with Crippen LogP contribution in [-0.4, -0.2) is 61.0 Å². The number of carbonyl (C=O) groups is 2. The van der Waals surface area contributed by atoms with Crippen LogP contribution in [0.5, 0.6) is 0 Å². The number of nitrogens with one attached hydrogen (secondary N) is 1. The molecule has 2 aromatic rings. The Hall–Kier alpha value is -2.22. The summed E-state index contributed by atoms with van der Waals surface area (Å²) in [6.07, 6.45) is 2.93. The first-order chi connectivity index (χ1) is 15.0. The number of nitrogens with zero attached hydrogens (tertiary/aromatic N) is 2. The summed E-state index contributed by atoms with van der Waals surface area (Å²) < 4.78 is 5.25. The fraction of sp³-hybridized carbons (Fsp3) is 0.500. The molecule has 4 rings (SSSR count). The van der Waals surface area contributed by atoms with Gasteiger partial charge in [-0.1, -0.05) is 24.3 Å². The summed E-state index contributed by atoms with van der Waals surface area (Å²) in [5.41, 5.74) is 4.34. The van der Waals surface area contributed by atoms with Crippen molar-refractivity contribution in [2.45, 2.75) is 39.7 Å². The topological polar surface area (TPSA) is 61.9 Å². The molecule has 0 unspecified atom stereocenters. The largest absolute Gasteiger partial charge is 0.462 e. The molecule has 7 heteroatoms. The van der Waals surface area contributed by atoms with Crippen molar-refractivity contribution in [2.75, 3.05) is 44.6 Å². The molecule has 6 nitrogen and oxygen atoms in total. The van der Waals surface area contributed by atoms with Gasteiger partial charge in [-0.3, -0.25) is 14.6 Å². The van der Waals surface area contributed by atoms with Gasteiger partial charge in [-0.25, -0.2) is 4.79 Å². The number of rotatable bonds is 7. The van der Waals surface area contributed by atoms with Crippen LogP contribution in [0.4, 0.5) is 5.00 Å². The van der Waals surface area contributed by atoms with Crippen LogP contribution in [0.3, 0.4) is 0 Å². The lowest BCUT2D eigenvalue weighted by molar-refractivity contribution is -0.117. The second-order valence-electron chi connectivity index (χ2n) is 8.31. The first kappa shape index (κ1) is 22.0. The van der Waals surface area contributed by atoms with Crippen molar-refractivity contribution >= 4 is 28.2 Å². The third-order valence-electron chi connectivity index (χ3n) is 6.14. The zero-order valence-corrected chi connectivity index (χ0v) is 19.2. The normalized spacial score (nSPS) is 16.8. The molecule has 1 saturated heterocycles. The van der Waals surface area contributed by atoms with Crippen LogP contribution in [0.15, 0.2) is 24.3 Å². The van der Waals surface area contributed by atoms with Crippen LogP contribution in [0.1, 0.15) is 45.3 Å². The summed E-state index contributed by atoms with van der Waals surface area (Å²) in [6, 6.07) is 8.51. The van der Waals surface area contributed by atoms with Crippen LogP contribution in [0.25, 0.3) is 0 Å². The maximum Gasteiger partial charge on any atom is 0.341 e. The molecule has 1 aliphatic carbocycles. The van der Waals surface area contributed by atoms with Crippen LogP contribution in [-0.2, 0) is 28.9 Å². The maximum atomic E-state index is 12.7. The first-order valence-corrected chi connectivity index (χ1v) is 12.0. The molecule has 1 aliphatic heterocycles. The summed E-state index contributed by atoms with van der Waals surface area (Å²) in [5.74, 6) is -0.375. The van der Waals surface area contributed by atoms with Crippen molar-refractivity contribution in [3.05, 3.63) is 51.4 Å². The van der Waals surface area contributed by atoms with Gasteiger partial charge in [0.1, 0.15) is 5.00 Å². The fourth-order valence-corrected chi connectivity index (χ4v) is 5.71. The summed E-state index contributed by atoms with van der Waals surface area (Å²) in [6.45, 7) is 9.23. The van der Waals surface area contributed by atoms with Crippen molar-refractivity contribution in [2.24, 2.45) is 0 Å². The van der Waals surface area contributed by atoms with Gasteiger partial charge in [-0.2, -0.15) is 0 Å². The second kappa shape index (κ2) is 9.94. The van der Waals surface area contributed by atoms with Gasteiger partial charge in [0.05, 0.1) is 18.7 Å². The summed E-state index contributed by atoms with van der Waals surface area (Å²) in [5, 5.41) is 3.67. The lowest BCUT2D eigenvalue weighted by atomic mass is 10.1. The maximum absolute atomic E-state index is 12.7. The highest BCUT2D eigenvalue weighted by Gasteiger charge is 2.29. The molecule has 2 heterocycles. The Bertz CT molecular complexity index is 948. The number of esters is 1. The summed E-state index contributed by atoms with van der Waals surface area (Å²) in [7, 11) is 0. The van der Waals surface area contributed by atoms with E-state index >= 15 is 0 Å². The van der Waals surface area contributed by atoms with E-state index in [9.17, 15) is 9.59 Å². The van der Waals surface area contributed by atoms with Gasteiger partial charge in [-0.05, 0) is 49.8 Å². The Labute approximate surface area is 188 Å². The van der Waals surface area contributed by atoms with Gasteiger partial charge >= 0.3 is 5.97 Å². The van der Waals surface area contributed by atoms with Gasteiger partial charge in [-0.15, -0.1) is 11.3 Å². The highest BCUT2D eigenvalue weighted by Crippen LogP contribution is 2.39. The molecular formula is C24H31N3O3S. The van der Waals surface area contributed by atoms with Crippen molar-refractivity contribution in [1.29, 1.82) is 0 Å². The summed E-state index contributed by atoms with van der Waals surface area (Å²) in [4.78, 5) is 31.1. The van der Waals surface area contributed by atoms with Crippen LogP contribution in [0.2, 0.25) is 0 Å².